The average molecular weight is 260 g/mol. The van der Waals surface area contributed by atoms with E-state index in [-0.39, 0.29) is 6.42 Å². The van der Waals surface area contributed by atoms with E-state index in [0.717, 1.165) is 16.9 Å². The summed E-state index contributed by atoms with van der Waals surface area (Å²) in [7, 11) is 0. The number of aliphatic carboxylic acids is 2. The number of carbonyl (C=O) groups is 2. The molecule has 2 unspecified atom stereocenters. The lowest BCUT2D eigenvalue weighted by atomic mass is 9.93. The van der Waals surface area contributed by atoms with Crippen molar-refractivity contribution < 1.29 is 19.8 Å². The number of rotatable bonds is 3. The Hall–Kier alpha value is -2.37. The van der Waals surface area contributed by atoms with Crippen LogP contribution in [0.25, 0.3) is 11.0 Å². The van der Waals surface area contributed by atoms with E-state index < -0.39 is 23.3 Å². The molecule has 98 valence electrons. The first-order chi connectivity index (χ1) is 8.95. The highest BCUT2D eigenvalue weighted by molar-refractivity contribution is 5.95. The molecule has 0 radical (unpaired) electrons. The second-order valence-corrected chi connectivity index (χ2v) is 4.93. The Kier molecular flexibility index (Phi) is 2.20. The lowest BCUT2D eigenvalue weighted by Gasteiger charge is -2.11. The second kappa shape index (κ2) is 3.57. The third-order valence-corrected chi connectivity index (χ3v) is 3.76. The second-order valence-electron chi connectivity index (χ2n) is 4.93. The van der Waals surface area contributed by atoms with Crippen LogP contribution in [0.4, 0.5) is 0 Å². The monoisotopic (exact) mass is 260 g/mol. The summed E-state index contributed by atoms with van der Waals surface area (Å²) in [4.78, 5) is 29.8. The van der Waals surface area contributed by atoms with Crippen LogP contribution >= 0.6 is 0 Å². The number of H-pyrrole nitrogens is 1. The maximum absolute atomic E-state index is 11.5. The first-order valence-corrected chi connectivity index (χ1v) is 5.88. The minimum atomic E-state index is -1.29. The highest BCUT2D eigenvalue weighted by Crippen LogP contribution is 2.55. The molecule has 1 aliphatic carbocycles. The number of benzene rings is 1. The van der Waals surface area contributed by atoms with Crippen molar-refractivity contribution in [3.63, 3.8) is 0 Å². The molecule has 19 heavy (non-hydrogen) atoms. The average Bonchev–Trinajstić information content (AvgIpc) is 2.99. The Morgan fingerprint density at radius 1 is 1.42 bits per heavy atom. The van der Waals surface area contributed by atoms with Gasteiger partial charge in [0.2, 0.25) is 0 Å². The molecular weight excluding hydrogens is 248 g/mol. The van der Waals surface area contributed by atoms with Gasteiger partial charge in [-0.05, 0) is 31.0 Å². The van der Waals surface area contributed by atoms with Gasteiger partial charge in [-0.25, -0.2) is 4.98 Å². The van der Waals surface area contributed by atoms with Crippen LogP contribution in [0.15, 0.2) is 18.2 Å². The fraction of sp³-hybridized carbons (Fsp3) is 0.308. The van der Waals surface area contributed by atoms with Crippen LogP contribution in [0.1, 0.15) is 17.8 Å². The van der Waals surface area contributed by atoms with Crippen LogP contribution in [0.5, 0.6) is 0 Å². The number of nitrogens with zero attached hydrogens (tertiary/aromatic N) is 1. The van der Waals surface area contributed by atoms with Gasteiger partial charge in [-0.15, -0.1) is 0 Å². The predicted molar refractivity (Wildman–Crippen MR) is 65.9 cm³/mol. The number of carboxylic acid groups (broad SMARTS) is 2. The summed E-state index contributed by atoms with van der Waals surface area (Å²) < 4.78 is 0. The van der Waals surface area contributed by atoms with E-state index in [4.69, 9.17) is 5.11 Å². The van der Waals surface area contributed by atoms with Crippen molar-refractivity contribution in [2.75, 3.05) is 0 Å². The standard InChI is InChI=1S/C13H12N2O4/c1-6-14-9-3-2-7(4-10(9)15-6)13(12(18)19)5-8(13)11(16)17/h2-4,8H,5H2,1H3,(H,14,15)(H,16,17)(H,18,19). The van der Waals surface area contributed by atoms with Crippen LogP contribution in [-0.2, 0) is 15.0 Å². The van der Waals surface area contributed by atoms with Gasteiger partial charge in [0.15, 0.2) is 0 Å². The zero-order valence-corrected chi connectivity index (χ0v) is 10.2. The maximum atomic E-state index is 11.5. The third-order valence-electron chi connectivity index (χ3n) is 3.76. The maximum Gasteiger partial charge on any atom is 0.315 e. The Morgan fingerprint density at radius 2 is 2.16 bits per heavy atom. The quantitative estimate of drug-likeness (QED) is 0.771. The SMILES string of the molecule is Cc1nc2ccc(C3(C(=O)O)CC3C(=O)O)cc2[nH]1. The first kappa shape index (κ1) is 11.7. The summed E-state index contributed by atoms with van der Waals surface area (Å²) in [6, 6.07) is 5.06. The molecule has 1 aromatic heterocycles. The Labute approximate surface area is 108 Å². The van der Waals surface area contributed by atoms with Crippen molar-refractivity contribution in [3.05, 3.63) is 29.6 Å². The molecule has 3 rings (SSSR count). The Bertz CT molecular complexity index is 706. The highest BCUT2D eigenvalue weighted by atomic mass is 16.4. The van der Waals surface area contributed by atoms with Crippen molar-refractivity contribution in [3.8, 4) is 0 Å². The zero-order valence-electron chi connectivity index (χ0n) is 10.2. The molecule has 0 saturated heterocycles. The molecule has 1 aromatic carbocycles. The van der Waals surface area contributed by atoms with Gasteiger partial charge in [0.1, 0.15) is 11.2 Å². The number of hydrogen-bond acceptors (Lipinski definition) is 3. The Morgan fingerprint density at radius 3 is 2.74 bits per heavy atom. The van der Waals surface area contributed by atoms with Gasteiger partial charge < -0.3 is 15.2 Å². The van der Waals surface area contributed by atoms with Crippen molar-refractivity contribution >= 4 is 23.0 Å². The third kappa shape index (κ3) is 1.53. The van der Waals surface area contributed by atoms with Crippen LogP contribution in [-0.4, -0.2) is 32.1 Å². The van der Waals surface area contributed by atoms with Gasteiger partial charge >= 0.3 is 11.9 Å². The number of carboxylic acids is 2. The van der Waals surface area contributed by atoms with Gasteiger partial charge in [-0.2, -0.15) is 0 Å². The van der Waals surface area contributed by atoms with E-state index in [1.165, 1.54) is 0 Å². The minimum absolute atomic E-state index is 0.135. The van der Waals surface area contributed by atoms with Crippen LogP contribution in [0, 0.1) is 12.8 Å². The smallest absolute Gasteiger partial charge is 0.315 e. The molecule has 1 heterocycles. The summed E-state index contributed by atoms with van der Waals surface area (Å²) in [5.41, 5.74) is 0.698. The molecule has 0 spiro atoms. The number of aromatic nitrogens is 2. The summed E-state index contributed by atoms with van der Waals surface area (Å²) >= 11 is 0. The topological polar surface area (TPSA) is 103 Å². The van der Waals surface area contributed by atoms with E-state index in [0.29, 0.717) is 5.56 Å². The molecule has 0 amide bonds. The molecule has 6 nitrogen and oxygen atoms in total. The van der Waals surface area contributed by atoms with E-state index in [1.807, 2.05) is 6.92 Å². The molecule has 1 aliphatic rings. The largest absolute Gasteiger partial charge is 0.481 e. The molecule has 0 aliphatic heterocycles. The van der Waals surface area contributed by atoms with Gasteiger partial charge in [-0.3, -0.25) is 9.59 Å². The number of aryl methyl sites for hydroxylation is 1. The van der Waals surface area contributed by atoms with Crippen LogP contribution in [0.2, 0.25) is 0 Å². The molecule has 2 aromatic rings. The molecule has 1 fully saturated rings. The van der Waals surface area contributed by atoms with Crippen molar-refractivity contribution in [2.45, 2.75) is 18.8 Å². The summed E-state index contributed by atoms with van der Waals surface area (Å²) in [6.07, 6.45) is 0.135. The molecule has 1 saturated carbocycles. The lowest BCUT2D eigenvalue weighted by Crippen LogP contribution is -2.25. The summed E-state index contributed by atoms with van der Waals surface area (Å²) in [5.74, 6) is -2.27. The normalized spacial score (nSPS) is 25.4. The number of aromatic amines is 1. The van der Waals surface area contributed by atoms with Crippen molar-refractivity contribution in [2.24, 2.45) is 5.92 Å². The van der Waals surface area contributed by atoms with E-state index in [1.54, 1.807) is 18.2 Å². The van der Waals surface area contributed by atoms with E-state index in [9.17, 15) is 14.7 Å². The van der Waals surface area contributed by atoms with Crippen LogP contribution < -0.4 is 0 Å². The van der Waals surface area contributed by atoms with Crippen LogP contribution in [0.3, 0.4) is 0 Å². The fourth-order valence-corrected chi connectivity index (χ4v) is 2.65. The Balaban J connectivity index is 2.12. The number of nitrogens with one attached hydrogen (secondary N) is 1. The van der Waals surface area contributed by atoms with Crippen molar-refractivity contribution in [1.82, 2.24) is 9.97 Å². The zero-order chi connectivity index (χ0) is 13.8. The number of imidazole rings is 1. The molecule has 2 atom stereocenters. The van der Waals surface area contributed by atoms with E-state index >= 15 is 0 Å². The molecular formula is C13H12N2O4. The first-order valence-electron chi connectivity index (χ1n) is 5.88. The molecule has 0 bridgehead atoms. The highest BCUT2D eigenvalue weighted by Gasteiger charge is 2.65. The fourth-order valence-electron chi connectivity index (χ4n) is 2.65. The van der Waals surface area contributed by atoms with Gasteiger partial charge in [-0.1, -0.05) is 6.07 Å². The summed E-state index contributed by atoms with van der Waals surface area (Å²) in [6.45, 7) is 1.81. The van der Waals surface area contributed by atoms with E-state index in [2.05, 4.69) is 9.97 Å². The number of hydrogen-bond donors (Lipinski definition) is 3. The van der Waals surface area contributed by atoms with Gasteiger partial charge in [0.25, 0.3) is 0 Å². The van der Waals surface area contributed by atoms with Gasteiger partial charge in [0, 0.05) is 0 Å². The number of fused-ring (bicyclic) bond motifs is 1. The van der Waals surface area contributed by atoms with Gasteiger partial charge in [0.05, 0.1) is 17.0 Å². The predicted octanol–water partition coefficient (Wildman–Crippen LogP) is 1.30. The molecule has 3 N–H and O–H groups in total. The molecule has 6 heteroatoms. The lowest BCUT2D eigenvalue weighted by molar-refractivity contribution is -0.145. The summed E-state index contributed by atoms with van der Waals surface area (Å²) in [5, 5.41) is 18.4. The van der Waals surface area contributed by atoms with Crippen molar-refractivity contribution in [1.29, 1.82) is 0 Å². The minimum Gasteiger partial charge on any atom is -0.481 e.